The van der Waals surface area contributed by atoms with Gasteiger partial charge in [0.05, 0.1) is 13.0 Å². The third-order valence-corrected chi connectivity index (χ3v) is 5.76. The lowest BCUT2D eigenvalue weighted by molar-refractivity contribution is -0.137. The first-order valence-corrected chi connectivity index (χ1v) is 9.47. The molecule has 6 nitrogen and oxygen atoms in total. The Morgan fingerprint density at radius 3 is 2.46 bits per heavy atom. The Labute approximate surface area is 155 Å². The Balaban J connectivity index is 1.61. The Morgan fingerprint density at radius 2 is 1.88 bits per heavy atom. The van der Waals surface area contributed by atoms with Crippen molar-refractivity contribution in [1.82, 2.24) is 9.80 Å². The quantitative estimate of drug-likeness (QED) is 0.807. The molecule has 6 heteroatoms. The Bertz CT molecular complexity index is 638. The van der Waals surface area contributed by atoms with Crippen LogP contribution in [0.1, 0.15) is 26.2 Å². The van der Waals surface area contributed by atoms with Gasteiger partial charge >= 0.3 is 0 Å². The number of anilines is 1. The maximum atomic E-state index is 12.9. The van der Waals surface area contributed by atoms with Crippen LogP contribution in [0.25, 0.3) is 0 Å². The number of rotatable bonds is 5. The number of ether oxygens (including phenoxy) is 1. The molecule has 0 N–H and O–H groups in total. The van der Waals surface area contributed by atoms with Gasteiger partial charge in [-0.15, -0.1) is 0 Å². The third-order valence-electron chi connectivity index (χ3n) is 5.76. The Kier molecular flexibility index (Phi) is 5.81. The second-order valence-electron chi connectivity index (χ2n) is 7.22. The lowest BCUT2D eigenvalue weighted by atomic mass is 10.0. The minimum atomic E-state index is -0.251. The van der Waals surface area contributed by atoms with Crippen molar-refractivity contribution >= 4 is 17.5 Å². The molecule has 0 spiro atoms. The van der Waals surface area contributed by atoms with E-state index in [4.69, 9.17) is 4.74 Å². The monoisotopic (exact) mass is 359 g/mol. The molecule has 1 aromatic carbocycles. The van der Waals surface area contributed by atoms with Gasteiger partial charge in [-0.05, 0) is 43.7 Å². The minimum Gasteiger partial charge on any atom is -0.497 e. The SMILES string of the molecule is CCN1CCC(N(C)C(=O)C2CC(=O)N(c3ccc(OC)cc3)C2)CC1. The molecule has 26 heavy (non-hydrogen) atoms. The Morgan fingerprint density at radius 1 is 1.23 bits per heavy atom. The molecule has 2 heterocycles. The highest BCUT2D eigenvalue weighted by Crippen LogP contribution is 2.28. The molecule has 2 amide bonds. The summed E-state index contributed by atoms with van der Waals surface area (Å²) in [5.41, 5.74) is 0.824. The van der Waals surface area contributed by atoms with Gasteiger partial charge in [0.1, 0.15) is 5.75 Å². The van der Waals surface area contributed by atoms with E-state index in [0.717, 1.165) is 43.9 Å². The number of methoxy groups -OCH3 is 1. The van der Waals surface area contributed by atoms with Gasteiger partial charge in [0.25, 0.3) is 0 Å². The highest BCUT2D eigenvalue weighted by atomic mass is 16.5. The van der Waals surface area contributed by atoms with E-state index in [0.29, 0.717) is 13.0 Å². The smallest absolute Gasteiger partial charge is 0.228 e. The van der Waals surface area contributed by atoms with Gasteiger partial charge in [-0.3, -0.25) is 9.59 Å². The molecule has 1 atom stereocenters. The summed E-state index contributed by atoms with van der Waals surface area (Å²) >= 11 is 0. The second-order valence-corrected chi connectivity index (χ2v) is 7.22. The molecule has 1 unspecified atom stereocenters. The maximum absolute atomic E-state index is 12.9. The fourth-order valence-corrected chi connectivity index (χ4v) is 3.98. The summed E-state index contributed by atoms with van der Waals surface area (Å²) in [4.78, 5) is 31.4. The van der Waals surface area contributed by atoms with Crippen LogP contribution < -0.4 is 9.64 Å². The summed E-state index contributed by atoms with van der Waals surface area (Å²) in [7, 11) is 3.51. The number of hydrogen-bond donors (Lipinski definition) is 0. The molecule has 0 bridgehead atoms. The first-order valence-electron chi connectivity index (χ1n) is 9.47. The number of carbonyl (C=O) groups is 2. The van der Waals surface area contributed by atoms with Crippen LogP contribution in [-0.2, 0) is 9.59 Å². The van der Waals surface area contributed by atoms with Crippen molar-refractivity contribution < 1.29 is 14.3 Å². The van der Waals surface area contributed by atoms with Crippen LogP contribution >= 0.6 is 0 Å². The first-order chi connectivity index (χ1) is 12.5. The summed E-state index contributed by atoms with van der Waals surface area (Å²) in [5, 5.41) is 0. The summed E-state index contributed by atoms with van der Waals surface area (Å²) in [6.07, 6.45) is 2.32. The number of hydrogen-bond acceptors (Lipinski definition) is 4. The van der Waals surface area contributed by atoms with Gasteiger partial charge in [-0.25, -0.2) is 0 Å². The zero-order chi connectivity index (χ0) is 18.7. The highest BCUT2D eigenvalue weighted by Gasteiger charge is 2.38. The van der Waals surface area contributed by atoms with Gasteiger partial charge < -0.3 is 19.4 Å². The minimum absolute atomic E-state index is 0.0164. The molecule has 1 aromatic rings. The van der Waals surface area contributed by atoms with E-state index in [1.165, 1.54) is 0 Å². The molecule has 0 radical (unpaired) electrons. The molecular weight excluding hydrogens is 330 g/mol. The van der Waals surface area contributed by atoms with Crippen LogP contribution in [0.3, 0.4) is 0 Å². The lowest BCUT2D eigenvalue weighted by Crippen LogP contribution is -2.47. The number of piperidine rings is 1. The van der Waals surface area contributed by atoms with E-state index in [-0.39, 0.29) is 23.8 Å². The zero-order valence-corrected chi connectivity index (χ0v) is 16.0. The van der Waals surface area contributed by atoms with E-state index in [1.807, 2.05) is 36.2 Å². The van der Waals surface area contributed by atoms with Crippen LogP contribution in [-0.4, -0.2) is 68.0 Å². The third kappa shape index (κ3) is 3.85. The lowest BCUT2D eigenvalue weighted by Gasteiger charge is -2.37. The molecule has 142 valence electrons. The van der Waals surface area contributed by atoms with Crippen LogP contribution in [0, 0.1) is 5.92 Å². The van der Waals surface area contributed by atoms with E-state index in [2.05, 4.69) is 11.8 Å². The molecule has 3 rings (SSSR count). The van der Waals surface area contributed by atoms with Crippen molar-refractivity contribution in [3.05, 3.63) is 24.3 Å². The fraction of sp³-hybridized carbons (Fsp3) is 0.600. The maximum Gasteiger partial charge on any atom is 0.228 e. The normalized spacial score (nSPS) is 21.9. The summed E-state index contributed by atoms with van der Waals surface area (Å²) < 4.78 is 5.16. The molecule has 2 saturated heterocycles. The van der Waals surface area contributed by atoms with Crippen LogP contribution in [0.2, 0.25) is 0 Å². The van der Waals surface area contributed by atoms with Crippen molar-refractivity contribution in [3.63, 3.8) is 0 Å². The van der Waals surface area contributed by atoms with Crippen LogP contribution in [0.15, 0.2) is 24.3 Å². The van der Waals surface area contributed by atoms with Crippen molar-refractivity contribution in [2.45, 2.75) is 32.2 Å². The molecular formula is C20H29N3O3. The average molecular weight is 359 g/mol. The highest BCUT2D eigenvalue weighted by molar-refractivity contribution is 6.00. The van der Waals surface area contributed by atoms with E-state index in [9.17, 15) is 9.59 Å². The van der Waals surface area contributed by atoms with Gasteiger partial charge in [-0.1, -0.05) is 6.92 Å². The van der Waals surface area contributed by atoms with Crippen molar-refractivity contribution in [1.29, 1.82) is 0 Å². The number of nitrogens with zero attached hydrogens (tertiary/aromatic N) is 3. The molecule has 2 aliphatic heterocycles. The van der Waals surface area contributed by atoms with Gasteiger partial charge in [-0.2, -0.15) is 0 Å². The average Bonchev–Trinajstić information content (AvgIpc) is 3.08. The van der Waals surface area contributed by atoms with Crippen molar-refractivity contribution in [2.24, 2.45) is 5.92 Å². The molecule has 0 aromatic heterocycles. The topological polar surface area (TPSA) is 53.1 Å². The molecule has 0 saturated carbocycles. The summed E-state index contributed by atoms with van der Waals surface area (Å²) in [6, 6.07) is 7.70. The van der Waals surface area contributed by atoms with E-state index in [1.54, 1.807) is 12.0 Å². The second kappa shape index (κ2) is 8.08. The van der Waals surface area contributed by atoms with Crippen LogP contribution in [0.5, 0.6) is 5.75 Å². The van der Waals surface area contributed by atoms with E-state index >= 15 is 0 Å². The van der Waals surface area contributed by atoms with E-state index < -0.39 is 0 Å². The van der Waals surface area contributed by atoms with Crippen LogP contribution in [0.4, 0.5) is 5.69 Å². The molecule has 2 fully saturated rings. The summed E-state index contributed by atoms with van der Waals surface area (Å²) in [5.74, 6) is 0.622. The first kappa shape index (κ1) is 18.7. The molecule has 0 aliphatic carbocycles. The van der Waals surface area contributed by atoms with Crippen molar-refractivity contribution in [3.8, 4) is 5.75 Å². The Hall–Kier alpha value is -2.08. The summed E-state index contributed by atoms with van der Waals surface area (Å²) in [6.45, 7) is 5.79. The predicted octanol–water partition coefficient (Wildman–Crippen LogP) is 1.99. The zero-order valence-electron chi connectivity index (χ0n) is 16.0. The van der Waals surface area contributed by atoms with Crippen molar-refractivity contribution in [2.75, 3.05) is 45.2 Å². The van der Waals surface area contributed by atoms with Gasteiger partial charge in [0, 0.05) is 44.8 Å². The largest absolute Gasteiger partial charge is 0.497 e. The number of likely N-dealkylation sites (tertiary alicyclic amines) is 1. The fourth-order valence-electron chi connectivity index (χ4n) is 3.98. The number of benzene rings is 1. The van der Waals surface area contributed by atoms with Gasteiger partial charge in [0.2, 0.25) is 11.8 Å². The molecule has 2 aliphatic rings. The van der Waals surface area contributed by atoms with Gasteiger partial charge in [0.15, 0.2) is 0 Å². The number of carbonyl (C=O) groups excluding carboxylic acids is 2. The standard InChI is InChI=1S/C20H29N3O3/c1-4-22-11-9-16(10-12-22)21(2)20(25)15-13-19(24)23(14-15)17-5-7-18(26-3)8-6-17/h5-8,15-16H,4,9-14H2,1-3H3. The predicted molar refractivity (Wildman–Crippen MR) is 101 cm³/mol. The number of amides is 2.